The summed E-state index contributed by atoms with van der Waals surface area (Å²) in [6, 6.07) is 0. The summed E-state index contributed by atoms with van der Waals surface area (Å²) in [5, 5.41) is 19.8. The highest BCUT2D eigenvalue weighted by atomic mass is 16.3. The quantitative estimate of drug-likeness (QED) is 0.771. The van der Waals surface area contributed by atoms with Crippen molar-refractivity contribution in [3.63, 3.8) is 0 Å². The van der Waals surface area contributed by atoms with Crippen molar-refractivity contribution in [1.82, 2.24) is 0 Å². The van der Waals surface area contributed by atoms with Crippen LogP contribution in [0.25, 0.3) is 0 Å². The summed E-state index contributed by atoms with van der Waals surface area (Å²) in [4.78, 5) is 12.5. The Morgan fingerprint density at radius 3 is 2.68 bits per heavy atom. The highest BCUT2D eigenvalue weighted by molar-refractivity contribution is 5.87. The minimum atomic E-state index is -1.11. The Morgan fingerprint density at radius 2 is 2.05 bits per heavy atom. The predicted octanol–water partition coefficient (Wildman–Crippen LogP) is 2.32. The topological polar surface area (TPSA) is 57.5 Å². The molecule has 0 radical (unpaired) electrons. The molecule has 2 N–H and O–H groups in total. The van der Waals surface area contributed by atoms with Crippen LogP contribution >= 0.6 is 0 Å². The fraction of sp³-hybridized carbons (Fsp3) is 0.812. The van der Waals surface area contributed by atoms with Crippen LogP contribution in [-0.4, -0.2) is 28.2 Å². The lowest BCUT2D eigenvalue weighted by molar-refractivity contribution is -0.153. The van der Waals surface area contributed by atoms with Gasteiger partial charge in [0.1, 0.15) is 5.78 Å². The van der Waals surface area contributed by atoms with Crippen molar-refractivity contribution in [2.45, 2.75) is 52.1 Å². The Balaban J connectivity index is 2.38. The zero-order chi connectivity index (χ0) is 14.3. The molecule has 0 unspecified atom stereocenters. The predicted molar refractivity (Wildman–Crippen MR) is 74.6 cm³/mol. The van der Waals surface area contributed by atoms with Crippen LogP contribution in [0.15, 0.2) is 12.2 Å². The molecular weight excluding hydrogens is 240 g/mol. The van der Waals surface area contributed by atoms with Gasteiger partial charge in [-0.15, -0.1) is 0 Å². The summed E-state index contributed by atoms with van der Waals surface area (Å²) < 4.78 is 0. The number of aliphatic hydroxyl groups is 2. The standard InChI is InChI=1S/C16H26O3/c1-11-4-5-13-12(10-11)6-8-15(2,19)16(13,3)14(18)7-9-17/h6,8,11-13,17,19H,4-5,7,9-10H2,1-3H3/t11-,12-,13-,15+,16-/m1/s1. The van der Waals surface area contributed by atoms with E-state index in [1.807, 2.05) is 13.0 Å². The molecule has 2 rings (SSSR count). The number of hydrogen-bond acceptors (Lipinski definition) is 3. The number of hydrogen-bond donors (Lipinski definition) is 2. The van der Waals surface area contributed by atoms with Gasteiger partial charge in [-0.05, 0) is 44.4 Å². The number of ketones is 1. The molecule has 3 heteroatoms. The SMILES string of the molecule is C[C@@H]1CC[C@@H]2[C@H](C=C[C@](C)(O)[C@@]2(C)C(=O)CCO)C1. The molecule has 0 saturated heterocycles. The van der Waals surface area contributed by atoms with Gasteiger partial charge in [0.15, 0.2) is 0 Å². The van der Waals surface area contributed by atoms with Gasteiger partial charge < -0.3 is 10.2 Å². The molecular formula is C16H26O3. The smallest absolute Gasteiger partial charge is 0.144 e. The average Bonchev–Trinajstić information content (AvgIpc) is 2.34. The van der Waals surface area contributed by atoms with Gasteiger partial charge in [0.2, 0.25) is 0 Å². The van der Waals surface area contributed by atoms with Gasteiger partial charge in [-0.25, -0.2) is 0 Å². The third-order valence-electron chi connectivity index (χ3n) is 5.54. The van der Waals surface area contributed by atoms with E-state index in [1.165, 1.54) is 0 Å². The van der Waals surface area contributed by atoms with Crippen LogP contribution in [-0.2, 0) is 4.79 Å². The Bertz CT molecular complexity index is 385. The average molecular weight is 266 g/mol. The minimum absolute atomic E-state index is 0.00565. The molecule has 0 aromatic carbocycles. The van der Waals surface area contributed by atoms with Crippen molar-refractivity contribution in [2.75, 3.05) is 6.61 Å². The molecule has 0 aromatic heterocycles. The molecule has 1 saturated carbocycles. The number of rotatable bonds is 3. The van der Waals surface area contributed by atoms with Crippen molar-refractivity contribution in [1.29, 1.82) is 0 Å². The summed E-state index contributed by atoms with van der Waals surface area (Å²) in [7, 11) is 0. The number of carbonyl (C=O) groups is 1. The Kier molecular flexibility index (Phi) is 3.90. The molecule has 0 spiro atoms. The molecule has 3 nitrogen and oxygen atoms in total. The Labute approximate surface area is 115 Å². The van der Waals surface area contributed by atoms with E-state index in [-0.39, 0.29) is 24.7 Å². The number of fused-ring (bicyclic) bond motifs is 1. The lowest BCUT2D eigenvalue weighted by Crippen LogP contribution is -2.57. The van der Waals surface area contributed by atoms with Gasteiger partial charge in [0.05, 0.1) is 11.0 Å². The monoisotopic (exact) mass is 266 g/mol. The summed E-state index contributed by atoms with van der Waals surface area (Å²) in [5.74, 6) is 1.26. The van der Waals surface area contributed by atoms with Crippen LogP contribution in [0.3, 0.4) is 0 Å². The molecule has 2 aliphatic rings. The van der Waals surface area contributed by atoms with Gasteiger partial charge in [0.25, 0.3) is 0 Å². The van der Waals surface area contributed by atoms with Crippen molar-refractivity contribution in [3.8, 4) is 0 Å². The summed E-state index contributed by atoms with van der Waals surface area (Å²) >= 11 is 0. The van der Waals surface area contributed by atoms with Crippen LogP contribution in [0, 0.1) is 23.2 Å². The van der Waals surface area contributed by atoms with E-state index in [4.69, 9.17) is 5.11 Å². The third kappa shape index (κ3) is 2.27. The first-order valence-corrected chi connectivity index (χ1v) is 7.39. The van der Waals surface area contributed by atoms with Crippen LogP contribution in [0.5, 0.6) is 0 Å². The van der Waals surface area contributed by atoms with Crippen molar-refractivity contribution in [2.24, 2.45) is 23.2 Å². The maximum Gasteiger partial charge on any atom is 0.144 e. The highest BCUT2D eigenvalue weighted by Gasteiger charge is 2.56. The first-order chi connectivity index (χ1) is 8.83. The molecule has 108 valence electrons. The van der Waals surface area contributed by atoms with E-state index in [1.54, 1.807) is 6.92 Å². The third-order valence-corrected chi connectivity index (χ3v) is 5.54. The lowest BCUT2D eigenvalue weighted by Gasteiger charge is -2.53. The van der Waals surface area contributed by atoms with Gasteiger partial charge >= 0.3 is 0 Å². The van der Waals surface area contributed by atoms with Gasteiger partial charge in [0, 0.05) is 13.0 Å². The molecule has 1 fully saturated rings. The Morgan fingerprint density at radius 1 is 1.37 bits per heavy atom. The second-order valence-electron chi connectivity index (χ2n) is 6.79. The first-order valence-electron chi connectivity index (χ1n) is 7.39. The van der Waals surface area contributed by atoms with Gasteiger partial charge in [-0.2, -0.15) is 0 Å². The molecule has 5 atom stereocenters. The zero-order valence-electron chi connectivity index (χ0n) is 12.2. The van der Waals surface area contributed by atoms with E-state index in [0.717, 1.165) is 19.3 Å². The van der Waals surface area contributed by atoms with Crippen molar-refractivity contribution >= 4 is 5.78 Å². The molecule has 0 amide bonds. The molecule has 0 aliphatic heterocycles. The normalized spacial score (nSPS) is 45.8. The summed E-state index contributed by atoms with van der Waals surface area (Å²) in [6.45, 7) is 5.74. The van der Waals surface area contributed by atoms with E-state index >= 15 is 0 Å². The number of allylic oxidation sites excluding steroid dienone is 1. The highest BCUT2D eigenvalue weighted by Crippen LogP contribution is 2.54. The van der Waals surface area contributed by atoms with E-state index < -0.39 is 11.0 Å². The molecule has 2 aliphatic carbocycles. The first kappa shape index (κ1) is 14.7. The minimum Gasteiger partial charge on any atom is -0.396 e. The van der Waals surface area contributed by atoms with Crippen LogP contribution < -0.4 is 0 Å². The Hall–Kier alpha value is -0.670. The number of carbonyl (C=O) groups excluding carboxylic acids is 1. The van der Waals surface area contributed by atoms with E-state index in [2.05, 4.69) is 13.0 Å². The maximum atomic E-state index is 12.5. The molecule has 19 heavy (non-hydrogen) atoms. The number of aliphatic hydroxyl groups excluding tert-OH is 1. The van der Waals surface area contributed by atoms with Gasteiger partial charge in [-0.3, -0.25) is 4.79 Å². The van der Waals surface area contributed by atoms with Crippen LogP contribution in [0.1, 0.15) is 46.5 Å². The fourth-order valence-corrected chi connectivity index (χ4v) is 4.06. The fourth-order valence-electron chi connectivity index (χ4n) is 4.06. The molecule has 0 bridgehead atoms. The summed E-state index contributed by atoms with van der Waals surface area (Å²) in [5.41, 5.74) is -1.88. The molecule has 0 heterocycles. The lowest BCUT2D eigenvalue weighted by atomic mass is 9.52. The van der Waals surface area contributed by atoms with Crippen LogP contribution in [0.2, 0.25) is 0 Å². The molecule has 0 aromatic rings. The summed E-state index contributed by atoms with van der Waals surface area (Å²) in [6.07, 6.45) is 7.25. The van der Waals surface area contributed by atoms with E-state index in [0.29, 0.717) is 11.8 Å². The van der Waals surface area contributed by atoms with Crippen molar-refractivity contribution in [3.05, 3.63) is 12.2 Å². The van der Waals surface area contributed by atoms with Crippen LogP contribution in [0.4, 0.5) is 0 Å². The largest absolute Gasteiger partial charge is 0.396 e. The second-order valence-corrected chi connectivity index (χ2v) is 6.79. The zero-order valence-corrected chi connectivity index (χ0v) is 12.2. The van der Waals surface area contributed by atoms with E-state index in [9.17, 15) is 9.90 Å². The van der Waals surface area contributed by atoms with Gasteiger partial charge in [-0.1, -0.05) is 25.5 Å². The number of Topliss-reactive ketones (excluding diaryl/α,β-unsaturated/α-hetero) is 1. The second kappa shape index (κ2) is 5.02. The maximum absolute atomic E-state index is 12.5. The van der Waals surface area contributed by atoms with Crippen molar-refractivity contribution < 1.29 is 15.0 Å².